The first-order valence-corrected chi connectivity index (χ1v) is 6.74. The monoisotopic (exact) mass is 288 g/mol. The zero-order valence-corrected chi connectivity index (χ0v) is 12.3. The molecule has 2 aromatic rings. The minimum absolute atomic E-state index is 0.127. The number of pyridine rings is 1. The molecule has 1 aromatic carbocycles. The molecule has 0 amide bonds. The lowest BCUT2D eigenvalue weighted by Crippen LogP contribution is -2.06. The van der Waals surface area contributed by atoms with Gasteiger partial charge < -0.3 is 20.3 Å². The van der Waals surface area contributed by atoms with E-state index in [-0.39, 0.29) is 12.4 Å². The number of aromatic hydroxyl groups is 1. The second-order valence-electron chi connectivity index (χ2n) is 4.84. The summed E-state index contributed by atoms with van der Waals surface area (Å²) in [5.41, 5.74) is 3.85. The van der Waals surface area contributed by atoms with Gasteiger partial charge in [0.1, 0.15) is 5.75 Å². The molecule has 0 aliphatic heterocycles. The lowest BCUT2D eigenvalue weighted by atomic mass is 10.1. The van der Waals surface area contributed by atoms with Crippen molar-refractivity contribution >= 4 is 5.69 Å². The molecule has 0 spiro atoms. The lowest BCUT2D eigenvalue weighted by Gasteiger charge is -2.13. The zero-order chi connectivity index (χ0) is 15.2. The number of anilines is 1. The van der Waals surface area contributed by atoms with Gasteiger partial charge in [-0.15, -0.1) is 0 Å². The lowest BCUT2D eigenvalue weighted by molar-refractivity contribution is 0.185. The van der Waals surface area contributed by atoms with Crippen LogP contribution in [0.4, 0.5) is 5.69 Å². The largest absolute Gasteiger partial charge is 0.506 e. The maximum absolute atomic E-state index is 10.1. The van der Waals surface area contributed by atoms with Crippen LogP contribution in [0.3, 0.4) is 0 Å². The highest BCUT2D eigenvalue weighted by Gasteiger charge is 2.11. The molecule has 5 heteroatoms. The quantitative estimate of drug-likeness (QED) is 0.761. The van der Waals surface area contributed by atoms with E-state index >= 15 is 0 Å². The molecule has 2 rings (SSSR count). The van der Waals surface area contributed by atoms with Crippen LogP contribution in [0.15, 0.2) is 30.5 Å². The van der Waals surface area contributed by atoms with Crippen LogP contribution in [-0.2, 0) is 24.5 Å². The van der Waals surface area contributed by atoms with Crippen LogP contribution in [0.2, 0.25) is 0 Å². The summed E-state index contributed by atoms with van der Waals surface area (Å²) < 4.78 is 5.11. The molecule has 0 fully saturated rings. The number of benzene rings is 1. The van der Waals surface area contributed by atoms with Crippen molar-refractivity contribution in [3.8, 4) is 5.75 Å². The Bertz CT molecular complexity index is 614. The molecule has 0 saturated heterocycles. The van der Waals surface area contributed by atoms with Crippen LogP contribution >= 0.6 is 0 Å². The first kappa shape index (κ1) is 15.3. The van der Waals surface area contributed by atoms with Crippen LogP contribution in [-0.4, -0.2) is 22.3 Å². The second-order valence-corrected chi connectivity index (χ2v) is 4.84. The summed E-state index contributed by atoms with van der Waals surface area (Å²) in [7, 11) is 1.66. The van der Waals surface area contributed by atoms with Gasteiger partial charge in [0.15, 0.2) is 0 Å². The summed E-state index contributed by atoms with van der Waals surface area (Å²) in [4.78, 5) is 4.05. The van der Waals surface area contributed by atoms with E-state index in [1.54, 1.807) is 20.2 Å². The topological polar surface area (TPSA) is 74.6 Å². The summed E-state index contributed by atoms with van der Waals surface area (Å²) >= 11 is 0. The average Bonchev–Trinajstić information content (AvgIpc) is 2.49. The molecule has 3 N–H and O–H groups in total. The summed E-state index contributed by atoms with van der Waals surface area (Å²) in [5, 5.41) is 22.7. The highest BCUT2D eigenvalue weighted by Crippen LogP contribution is 2.25. The van der Waals surface area contributed by atoms with Crippen LogP contribution < -0.4 is 5.32 Å². The predicted molar refractivity (Wildman–Crippen MR) is 81.0 cm³/mol. The molecule has 0 bridgehead atoms. The first-order valence-electron chi connectivity index (χ1n) is 6.74. The normalized spacial score (nSPS) is 10.6. The van der Waals surface area contributed by atoms with Crippen molar-refractivity contribution < 1.29 is 14.9 Å². The number of nitrogens with one attached hydrogen (secondary N) is 1. The highest BCUT2D eigenvalue weighted by atomic mass is 16.5. The van der Waals surface area contributed by atoms with Gasteiger partial charge in [0.05, 0.1) is 18.9 Å². The number of aliphatic hydroxyl groups excluding tert-OH is 1. The van der Waals surface area contributed by atoms with Gasteiger partial charge in [-0.2, -0.15) is 0 Å². The van der Waals surface area contributed by atoms with Crippen LogP contribution in [0.1, 0.15) is 22.4 Å². The molecule has 0 unspecified atom stereocenters. The van der Waals surface area contributed by atoms with E-state index in [4.69, 9.17) is 4.74 Å². The number of aliphatic hydroxyl groups is 1. The van der Waals surface area contributed by atoms with E-state index in [1.807, 2.05) is 24.3 Å². The molecule has 5 nitrogen and oxygen atoms in total. The van der Waals surface area contributed by atoms with Crippen molar-refractivity contribution in [2.75, 3.05) is 12.4 Å². The number of nitrogens with zero attached hydrogens (tertiary/aromatic N) is 1. The first-order chi connectivity index (χ1) is 10.2. The zero-order valence-electron chi connectivity index (χ0n) is 12.3. The molecule has 0 aliphatic carbocycles. The number of hydrogen-bond acceptors (Lipinski definition) is 5. The number of aryl methyl sites for hydroxylation is 1. The van der Waals surface area contributed by atoms with Crippen molar-refractivity contribution in [1.29, 1.82) is 0 Å². The predicted octanol–water partition coefficient (Wildman–Crippen LogP) is 2.35. The third kappa shape index (κ3) is 3.71. The molecule has 1 heterocycles. The third-order valence-corrected chi connectivity index (χ3v) is 3.31. The Balaban J connectivity index is 2.16. The van der Waals surface area contributed by atoms with Gasteiger partial charge in [-0.05, 0) is 24.6 Å². The summed E-state index contributed by atoms with van der Waals surface area (Å²) in [5.74, 6) is 0.127. The smallest absolute Gasteiger partial charge is 0.142 e. The Kier molecular flexibility index (Phi) is 5.14. The third-order valence-electron chi connectivity index (χ3n) is 3.31. The average molecular weight is 288 g/mol. The maximum Gasteiger partial charge on any atom is 0.142 e. The number of aromatic nitrogens is 1. The van der Waals surface area contributed by atoms with Crippen LogP contribution in [0, 0.1) is 6.92 Å². The van der Waals surface area contributed by atoms with E-state index in [9.17, 15) is 10.2 Å². The second kappa shape index (κ2) is 7.06. The number of methoxy groups -OCH3 is 1. The molecule has 112 valence electrons. The maximum atomic E-state index is 10.1. The Morgan fingerprint density at radius 1 is 1.33 bits per heavy atom. The fraction of sp³-hybridized carbons (Fsp3) is 0.312. The van der Waals surface area contributed by atoms with E-state index in [2.05, 4.69) is 10.3 Å². The van der Waals surface area contributed by atoms with E-state index < -0.39 is 0 Å². The van der Waals surface area contributed by atoms with E-state index in [0.717, 1.165) is 11.3 Å². The van der Waals surface area contributed by atoms with Crippen LogP contribution in [0.25, 0.3) is 0 Å². The van der Waals surface area contributed by atoms with Gasteiger partial charge in [0.2, 0.25) is 0 Å². The van der Waals surface area contributed by atoms with Gasteiger partial charge in [0.25, 0.3) is 0 Å². The Labute approximate surface area is 124 Å². The number of rotatable bonds is 6. The minimum atomic E-state index is -0.151. The minimum Gasteiger partial charge on any atom is -0.506 e. The summed E-state index contributed by atoms with van der Waals surface area (Å²) in [6.45, 7) is 2.55. The number of hydrogen-bond donors (Lipinski definition) is 3. The van der Waals surface area contributed by atoms with Crippen molar-refractivity contribution in [3.63, 3.8) is 0 Å². The molecule has 1 aromatic heterocycles. The summed E-state index contributed by atoms with van der Waals surface area (Å²) in [6, 6.07) is 7.87. The Morgan fingerprint density at radius 3 is 2.86 bits per heavy atom. The molecule has 0 saturated carbocycles. The van der Waals surface area contributed by atoms with Gasteiger partial charge in [-0.1, -0.05) is 12.1 Å². The van der Waals surface area contributed by atoms with Crippen molar-refractivity contribution in [1.82, 2.24) is 4.98 Å². The van der Waals surface area contributed by atoms with Gasteiger partial charge in [0, 0.05) is 36.7 Å². The highest BCUT2D eigenvalue weighted by molar-refractivity contribution is 5.49. The fourth-order valence-corrected chi connectivity index (χ4v) is 2.15. The van der Waals surface area contributed by atoms with E-state index in [0.29, 0.717) is 30.0 Å². The van der Waals surface area contributed by atoms with Gasteiger partial charge in [-0.25, -0.2) is 0 Å². The summed E-state index contributed by atoms with van der Waals surface area (Å²) in [6.07, 6.45) is 1.59. The van der Waals surface area contributed by atoms with Crippen LogP contribution in [0.5, 0.6) is 5.75 Å². The van der Waals surface area contributed by atoms with Crippen molar-refractivity contribution in [2.45, 2.75) is 26.7 Å². The van der Waals surface area contributed by atoms with E-state index in [1.165, 1.54) is 0 Å². The van der Waals surface area contributed by atoms with Gasteiger partial charge in [-0.3, -0.25) is 4.98 Å². The Hall–Kier alpha value is -2.11. The van der Waals surface area contributed by atoms with Gasteiger partial charge >= 0.3 is 0 Å². The molecular weight excluding hydrogens is 268 g/mol. The molecular formula is C16H20N2O3. The van der Waals surface area contributed by atoms with Crippen molar-refractivity contribution in [3.05, 3.63) is 52.8 Å². The molecule has 0 aliphatic rings. The number of ether oxygens (including phenoxy) is 1. The fourth-order valence-electron chi connectivity index (χ4n) is 2.15. The Morgan fingerprint density at radius 2 is 2.14 bits per heavy atom. The standard InChI is InChI=1S/C16H20N2O3/c1-11-16(20)15(13(9-19)7-17-11)8-18-14-5-3-4-12(6-14)10-21-2/h3-7,18-20H,8-10H2,1-2H3. The molecule has 0 atom stereocenters. The molecule has 21 heavy (non-hydrogen) atoms. The SMILES string of the molecule is COCc1cccc(NCc2c(CO)cnc(C)c2O)c1. The molecule has 0 radical (unpaired) electrons. The van der Waals surface area contributed by atoms with Crippen molar-refractivity contribution in [2.24, 2.45) is 0 Å².